The lowest BCUT2D eigenvalue weighted by molar-refractivity contribution is 0.453. The van der Waals surface area contributed by atoms with E-state index < -0.39 is 0 Å². The molecule has 0 radical (unpaired) electrons. The van der Waals surface area contributed by atoms with Crippen molar-refractivity contribution < 1.29 is 10.2 Å². The van der Waals surface area contributed by atoms with E-state index in [0.717, 1.165) is 19.3 Å². The van der Waals surface area contributed by atoms with Crippen molar-refractivity contribution in [1.29, 1.82) is 0 Å². The summed E-state index contributed by atoms with van der Waals surface area (Å²) >= 11 is 0. The van der Waals surface area contributed by atoms with E-state index in [0.29, 0.717) is 23.3 Å². The summed E-state index contributed by atoms with van der Waals surface area (Å²) < 4.78 is 0. The van der Waals surface area contributed by atoms with Crippen LogP contribution >= 0.6 is 0 Å². The number of hydrogen-bond donors (Lipinski definition) is 2. The van der Waals surface area contributed by atoms with Gasteiger partial charge in [0.05, 0.1) is 0 Å². The summed E-state index contributed by atoms with van der Waals surface area (Å²) in [5.41, 5.74) is 6.49. The molecule has 26 heavy (non-hydrogen) atoms. The van der Waals surface area contributed by atoms with Gasteiger partial charge >= 0.3 is 0 Å². The third-order valence-electron chi connectivity index (χ3n) is 5.63. The molecular formula is C24H24O2. The summed E-state index contributed by atoms with van der Waals surface area (Å²) in [6, 6.07) is 22.3. The summed E-state index contributed by atoms with van der Waals surface area (Å²) in [7, 11) is 0. The van der Waals surface area contributed by atoms with Gasteiger partial charge in [-0.15, -0.1) is 0 Å². The number of phenols is 2. The Morgan fingerprint density at radius 1 is 0.846 bits per heavy atom. The first kappa shape index (κ1) is 16.7. The highest BCUT2D eigenvalue weighted by atomic mass is 16.3. The summed E-state index contributed by atoms with van der Waals surface area (Å²) in [5, 5.41) is 19.5. The van der Waals surface area contributed by atoms with Crippen LogP contribution in [0.25, 0.3) is 0 Å². The molecule has 2 atom stereocenters. The van der Waals surface area contributed by atoms with Gasteiger partial charge in [-0.3, -0.25) is 0 Å². The van der Waals surface area contributed by atoms with Crippen molar-refractivity contribution in [2.24, 2.45) is 0 Å². The monoisotopic (exact) mass is 344 g/mol. The Morgan fingerprint density at radius 2 is 1.54 bits per heavy atom. The molecule has 3 aromatic rings. The Labute approximate surface area is 154 Å². The fourth-order valence-electron chi connectivity index (χ4n) is 4.25. The second-order valence-electron chi connectivity index (χ2n) is 7.42. The quantitative estimate of drug-likeness (QED) is 0.662. The maximum absolute atomic E-state index is 9.88. The largest absolute Gasteiger partial charge is 0.508 e. The zero-order valence-corrected chi connectivity index (χ0v) is 15.0. The summed E-state index contributed by atoms with van der Waals surface area (Å²) in [4.78, 5) is 0. The van der Waals surface area contributed by atoms with Crippen LogP contribution < -0.4 is 0 Å². The smallest absolute Gasteiger partial charge is 0.115 e. The highest BCUT2D eigenvalue weighted by molar-refractivity contribution is 5.43. The Bertz CT molecular complexity index is 894. The average molecular weight is 344 g/mol. The van der Waals surface area contributed by atoms with Crippen molar-refractivity contribution >= 4 is 0 Å². The van der Waals surface area contributed by atoms with Crippen molar-refractivity contribution in [2.45, 2.75) is 38.0 Å². The van der Waals surface area contributed by atoms with Crippen LogP contribution in [0, 0.1) is 6.92 Å². The highest BCUT2D eigenvalue weighted by Gasteiger charge is 2.31. The van der Waals surface area contributed by atoms with Gasteiger partial charge < -0.3 is 10.2 Å². The standard InChI is InChI=1S/C24H24O2/c1-16-2-4-17(5-3-16)14-24-22(18-6-9-20(25)10-7-18)12-8-19-15-21(26)11-13-23(19)24/h2-7,9-11,13,15,22,24-26H,8,12,14H2,1H3. The van der Waals surface area contributed by atoms with E-state index in [1.807, 2.05) is 18.2 Å². The van der Waals surface area contributed by atoms with Crippen molar-refractivity contribution in [3.63, 3.8) is 0 Å². The lowest BCUT2D eigenvalue weighted by atomic mass is 9.70. The van der Waals surface area contributed by atoms with Crippen LogP contribution in [0.2, 0.25) is 0 Å². The van der Waals surface area contributed by atoms with Crippen molar-refractivity contribution in [3.8, 4) is 11.5 Å². The van der Waals surface area contributed by atoms with E-state index in [9.17, 15) is 10.2 Å². The number of aromatic hydroxyl groups is 2. The van der Waals surface area contributed by atoms with E-state index in [1.165, 1.54) is 27.8 Å². The Kier molecular flexibility index (Phi) is 4.42. The van der Waals surface area contributed by atoms with Gasteiger partial charge in [0.1, 0.15) is 11.5 Å². The van der Waals surface area contributed by atoms with Crippen LogP contribution in [0.3, 0.4) is 0 Å². The van der Waals surface area contributed by atoms with Gasteiger partial charge in [-0.1, -0.05) is 48.0 Å². The van der Waals surface area contributed by atoms with Crippen LogP contribution in [-0.4, -0.2) is 10.2 Å². The average Bonchev–Trinajstić information content (AvgIpc) is 2.64. The van der Waals surface area contributed by atoms with Gasteiger partial charge in [-0.05, 0) is 84.5 Å². The topological polar surface area (TPSA) is 40.5 Å². The molecule has 0 saturated carbocycles. The van der Waals surface area contributed by atoms with Gasteiger partial charge in [0.2, 0.25) is 0 Å². The van der Waals surface area contributed by atoms with E-state index in [-0.39, 0.29) is 0 Å². The molecule has 132 valence electrons. The lowest BCUT2D eigenvalue weighted by Crippen LogP contribution is -2.21. The van der Waals surface area contributed by atoms with Crippen molar-refractivity contribution in [3.05, 3.63) is 94.5 Å². The number of fused-ring (bicyclic) bond motifs is 1. The minimum Gasteiger partial charge on any atom is -0.508 e. The fourth-order valence-corrected chi connectivity index (χ4v) is 4.25. The minimum absolute atomic E-state index is 0.310. The zero-order valence-electron chi connectivity index (χ0n) is 15.0. The molecule has 0 aliphatic heterocycles. The molecule has 4 rings (SSSR count). The summed E-state index contributed by atoms with van der Waals surface area (Å²) in [5.74, 6) is 1.44. The molecule has 2 N–H and O–H groups in total. The molecule has 0 amide bonds. The van der Waals surface area contributed by atoms with Crippen LogP contribution in [0.15, 0.2) is 66.7 Å². The molecule has 1 aliphatic carbocycles. The van der Waals surface area contributed by atoms with Gasteiger partial charge in [0.25, 0.3) is 0 Å². The number of benzene rings is 3. The summed E-state index contributed by atoms with van der Waals surface area (Å²) in [6.07, 6.45) is 3.00. The molecule has 1 aliphatic rings. The third-order valence-corrected chi connectivity index (χ3v) is 5.63. The van der Waals surface area contributed by atoms with Crippen LogP contribution in [0.4, 0.5) is 0 Å². The van der Waals surface area contributed by atoms with E-state index in [1.54, 1.807) is 18.2 Å². The Hall–Kier alpha value is -2.74. The molecule has 3 aromatic carbocycles. The van der Waals surface area contributed by atoms with Crippen molar-refractivity contribution in [1.82, 2.24) is 0 Å². The minimum atomic E-state index is 0.310. The molecule has 0 bridgehead atoms. The SMILES string of the molecule is Cc1ccc(CC2c3ccc(O)cc3CCC2c2ccc(O)cc2)cc1. The normalized spacial score (nSPS) is 19.1. The van der Waals surface area contributed by atoms with Gasteiger partial charge in [-0.2, -0.15) is 0 Å². The number of rotatable bonds is 3. The summed E-state index contributed by atoms with van der Waals surface area (Å²) in [6.45, 7) is 2.11. The predicted octanol–water partition coefficient (Wildman–Crippen LogP) is 5.46. The van der Waals surface area contributed by atoms with Gasteiger partial charge in [0.15, 0.2) is 0 Å². The Balaban J connectivity index is 1.74. The van der Waals surface area contributed by atoms with Gasteiger partial charge in [-0.25, -0.2) is 0 Å². The molecule has 2 heteroatoms. The molecule has 0 fully saturated rings. The van der Waals surface area contributed by atoms with Gasteiger partial charge in [0, 0.05) is 0 Å². The molecular weight excluding hydrogens is 320 g/mol. The predicted molar refractivity (Wildman–Crippen MR) is 105 cm³/mol. The maximum Gasteiger partial charge on any atom is 0.115 e. The third kappa shape index (κ3) is 3.32. The zero-order chi connectivity index (χ0) is 18.1. The molecule has 0 heterocycles. The lowest BCUT2D eigenvalue weighted by Gasteiger charge is -2.34. The molecule has 0 aromatic heterocycles. The number of phenolic OH excluding ortho intramolecular Hbond substituents is 2. The molecule has 0 spiro atoms. The molecule has 0 saturated heterocycles. The number of aryl methyl sites for hydroxylation is 2. The van der Waals surface area contributed by atoms with Crippen LogP contribution in [0.5, 0.6) is 11.5 Å². The van der Waals surface area contributed by atoms with E-state index in [4.69, 9.17) is 0 Å². The second kappa shape index (κ2) is 6.87. The second-order valence-corrected chi connectivity index (χ2v) is 7.42. The molecule has 2 unspecified atom stereocenters. The molecule has 2 nitrogen and oxygen atoms in total. The Morgan fingerprint density at radius 3 is 2.27 bits per heavy atom. The van der Waals surface area contributed by atoms with E-state index in [2.05, 4.69) is 37.3 Å². The maximum atomic E-state index is 9.88. The first-order valence-corrected chi connectivity index (χ1v) is 9.26. The van der Waals surface area contributed by atoms with Crippen LogP contribution in [0.1, 0.15) is 46.1 Å². The highest BCUT2D eigenvalue weighted by Crippen LogP contribution is 2.45. The van der Waals surface area contributed by atoms with Crippen LogP contribution in [-0.2, 0) is 12.8 Å². The first-order valence-electron chi connectivity index (χ1n) is 9.26. The van der Waals surface area contributed by atoms with E-state index >= 15 is 0 Å². The fraction of sp³-hybridized carbons (Fsp3) is 0.250. The number of hydrogen-bond acceptors (Lipinski definition) is 2. The van der Waals surface area contributed by atoms with Crippen molar-refractivity contribution in [2.75, 3.05) is 0 Å². The first-order chi connectivity index (χ1) is 12.6.